The van der Waals surface area contributed by atoms with Crippen LogP contribution in [-0.4, -0.2) is 37.0 Å². The molecule has 82 valence electrons. The molecule has 14 heavy (non-hydrogen) atoms. The van der Waals surface area contributed by atoms with Crippen molar-refractivity contribution >= 4 is 5.91 Å². The highest BCUT2D eigenvalue weighted by Gasteiger charge is 2.39. The zero-order chi connectivity index (χ0) is 10.6. The lowest BCUT2D eigenvalue weighted by Gasteiger charge is -2.48. The number of carbonyl (C=O) groups excluding carboxylic acids is 1. The van der Waals surface area contributed by atoms with Gasteiger partial charge in [0.25, 0.3) is 0 Å². The van der Waals surface area contributed by atoms with Gasteiger partial charge in [-0.25, -0.2) is 0 Å². The number of piperidine rings is 1. The summed E-state index contributed by atoms with van der Waals surface area (Å²) in [6.07, 6.45) is 2.39. The van der Waals surface area contributed by atoms with Crippen molar-refractivity contribution in [3.63, 3.8) is 0 Å². The van der Waals surface area contributed by atoms with Crippen LogP contribution in [-0.2, 0) is 4.79 Å². The monoisotopic (exact) mass is 198 g/mol. The lowest BCUT2D eigenvalue weighted by molar-refractivity contribution is -0.131. The molecule has 2 aliphatic heterocycles. The Balaban J connectivity index is 0.000000461. The molecule has 2 saturated heterocycles. The highest BCUT2D eigenvalue weighted by Crippen LogP contribution is 2.34. The molecule has 0 aromatic heterocycles. The van der Waals surface area contributed by atoms with Gasteiger partial charge in [0.1, 0.15) is 0 Å². The van der Waals surface area contributed by atoms with E-state index in [9.17, 15) is 4.79 Å². The van der Waals surface area contributed by atoms with Crippen LogP contribution in [0.4, 0.5) is 0 Å². The van der Waals surface area contributed by atoms with E-state index in [2.05, 4.69) is 5.32 Å². The van der Waals surface area contributed by atoms with Crippen molar-refractivity contribution in [1.29, 1.82) is 0 Å². The lowest BCUT2D eigenvalue weighted by atomic mass is 9.73. The summed E-state index contributed by atoms with van der Waals surface area (Å²) < 4.78 is 0. The Morgan fingerprint density at radius 1 is 1.21 bits per heavy atom. The van der Waals surface area contributed by atoms with E-state index in [1.54, 1.807) is 6.92 Å². The summed E-state index contributed by atoms with van der Waals surface area (Å²) in [5.41, 5.74) is 0.561. The van der Waals surface area contributed by atoms with Crippen LogP contribution in [0.1, 0.15) is 33.6 Å². The molecule has 0 aliphatic carbocycles. The molecule has 1 N–H and O–H groups in total. The molecule has 1 spiro atoms. The Morgan fingerprint density at radius 3 is 2.00 bits per heavy atom. The summed E-state index contributed by atoms with van der Waals surface area (Å²) in [7, 11) is 0. The molecule has 0 aromatic rings. The fourth-order valence-electron chi connectivity index (χ4n) is 2.13. The summed E-state index contributed by atoms with van der Waals surface area (Å²) in [4.78, 5) is 13.0. The van der Waals surface area contributed by atoms with E-state index in [4.69, 9.17) is 0 Å². The smallest absolute Gasteiger partial charge is 0.219 e. The number of likely N-dealkylation sites (tertiary alicyclic amines) is 1. The maximum absolute atomic E-state index is 11.0. The van der Waals surface area contributed by atoms with E-state index in [1.165, 1.54) is 25.9 Å². The van der Waals surface area contributed by atoms with E-state index >= 15 is 0 Å². The predicted octanol–water partition coefficient (Wildman–Crippen LogP) is 1.24. The highest BCUT2D eigenvalue weighted by atomic mass is 16.2. The molecule has 0 bridgehead atoms. The normalized spacial score (nSPS) is 23.5. The van der Waals surface area contributed by atoms with Gasteiger partial charge in [-0.15, -0.1) is 0 Å². The van der Waals surface area contributed by atoms with Crippen molar-refractivity contribution in [2.24, 2.45) is 5.41 Å². The Morgan fingerprint density at radius 2 is 1.71 bits per heavy atom. The van der Waals surface area contributed by atoms with Crippen LogP contribution in [0.3, 0.4) is 0 Å². The van der Waals surface area contributed by atoms with Crippen molar-refractivity contribution in [3.05, 3.63) is 0 Å². The van der Waals surface area contributed by atoms with E-state index in [0.717, 1.165) is 13.1 Å². The molecule has 2 fully saturated rings. The topological polar surface area (TPSA) is 32.3 Å². The molecule has 2 rings (SSSR count). The number of amides is 1. The van der Waals surface area contributed by atoms with Crippen LogP contribution in [0.2, 0.25) is 0 Å². The van der Waals surface area contributed by atoms with Gasteiger partial charge in [0.2, 0.25) is 5.91 Å². The largest absolute Gasteiger partial charge is 0.343 e. The molecule has 3 heteroatoms. The third kappa shape index (κ3) is 2.27. The number of nitrogens with one attached hydrogen (secondary N) is 1. The first-order chi connectivity index (χ1) is 6.72. The molecule has 0 unspecified atom stereocenters. The Bertz CT molecular complexity index is 189. The Labute approximate surface area is 86.9 Å². The third-order valence-electron chi connectivity index (χ3n) is 3.27. The average molecular weight is 198 g/mol. The first-order valence-electron chi connectivity index (χ1n) is 5.68. The van der Waals surface area contributed by atoms with Crippen molar-refractivity contribution in [3.8, 4) is 0 Å². The summed E-state index contributed by atoms with van der Waals surface area (Å²) in [6, 6.07) is 0. The summed E-state index contributed by atoms with van der Waals surface area (Å²) >= 11 is 0. The highest BCUT2D eigenvalue weighted by molar-refractivity contribution is 5.73. The average Bonchev–Trinajstić information content (AvgIpc) is 2.19. The molecular weight excluding hydrogens is 176 g/mol. The van der Waals surface area contributed by atoms with Crippen molar-refractivity contribution in [2.75, 3.05) is 26.2 Å². The van der Waals surface area contributed by atoms with Gasteiger partial charge in [0.15, 0.2) is 0 Å². The quantitative estimate of drug-likeness (QED) is 0.635. The maximum Gasteiger partial charge on any atom is 0.219 e. The molecular formula is C11H22N2O. The Hall–Kier alpha value is -0.570. The van der Waals surface area contributed by atoms with Crippen LogP contribution < -0.4 is 5.32 Å². The zero-order valence-corrected chi connectivity index (χ0v) is 9.60. The summed E-state index contributed by atoms with van der Waals surface area (Å²) in [6.45, 7) is 9.93. The van der Waals surface area contributed by atoms with Crippen molar-refractivity contribution in [1.82, 2.24) is 10.2 Å². The van der Waals surface area contributed by atoms with Gasteiger partial charge in [-0.1, -0.05) is 13.8 Å². The third-order valence-corrected chi connectivity index (χ3v) is 3.27. The lowest BCUT2D eigenvalue weighted by Crippen LogP contribution is -2.58. The van der Waals surface area contributed by atoms with Crippen LogP contribution in [0.25, 0.3) is 0 Å². The van der Waals surface area contributed by atoms with Crippen molar-refractivity contribution in [2.45, 2.75) is 33.6 Å². The molecule has 1 amide bonds. The number of nitrogens with zero attached hydrogens (tertiary/aromatic N) is 1. The molecule has 3 nitrogen and oxygen atoms in total. The minimum Gasteiger partial charge on any atom is -0.343 e. The number of hydrogen-bond donors (Lipinski definition) is 1. The van der Waals surface area contributed by atoms with E-state index in [1.807, 2.05) is 18.7 Å². The SMILES string of the molecule is CC.CC(=O)N1CCC2(CC1)CNC2. The minimum atomic E-state index is 0.233. The van der Waals surface area contributed by atoms with Crippen LogP contribution in [0.15, 0.2) is 0 Å². The summed E-state index contributed by atoms with van der Waals surface area (Å²) in [5, 5.41) is 3.31. The van der Waals surface area contributed by atoms with E-state index < -0.39 is 0 Å². The minimum absolute atomic E-state index is 0.233. The number of rotatable bonds is 0. The van der Waals surface area contributed by atoms with Gasteiger partial charge in [0.05, 0.1) is 0 Å². The molecule has 0 radical (unpaired) electrons. The van der Waals surface area contributed by atoms with Gasteiger partial charge >= 0.3 is 0 Å². The number of hydrogen-bond acceptors (Lipinski definition) is 2. The second-order valence-corrected chi connectivity index (χ2v) is 4.11. The first kappa shape index (κ1) is 11.5. The second-order valence-electron chi connectivity index (χ2n) is 4.11. The molecule has 0 aromatic carbocycles. The van der Waals surface area contributed by atoms with Gasteiger partial charge in [-0.3, -0.25) is 4.79 Å². The molecule has 0 saturated carbocycles. The van der Waals surface area contributed by atoms with Crippen LogP contribution >= 0.6 is 0 Å². The van der Waals surface area contributed by atoms with Gasteiger partial charge in [-0.2, -0.15) is 0 Å². The van der Waals surface area contributed by atoms with Gasteiger partial charge in [-0.05, 0) is 18.3 Å². The molecule has 2 heterocycles. The predicted molar refractivity (Wildman–Crippen MR) is 58.1 cm³/mol. The van der Waals surface area contributed by atoms with E-state index in [-0.39, 0.29) is 5.91 Å². The van der Waals surface area contributed by atoms with Crippen molar-refractivity contribution < 1.29 is 4.79 Å². The number of carbonyl (C=O) groups is 1. The van der Waals surface area contributed by atoms with Gasteiger partial charge in [0, 0.05) is 33.1 Å². The van der Waals surface area contributed by atoms with Crippen LogP contribution in [0, 0.1) is 5.41 Å². The first-order valence-corrected chi connectivity index (χ1v) is 5.68. The maximum atomic E-state index is 11.0. The molecule has 0 atom stereocenters. The fraction of sp³-hybridized carbons (Fsp3) is 0.909. The van der Waals surface area contributed by atoms with Gasteiger partial charge < -0.3 is 10.2 Å². The zero-order valence-electron chi connectivity index (χ0n) is 9.60. The van der Waals surface area contributed by atoms with E-state index in [0.29, 0.717) is 5.41 Å². The second kappa shape index (κ2) is 4.78. The summed E-state index contributed by atoms with van der Waals surface area (Å²) in [5.74, 6) is 0.233. The standard InChI is InChI=1S/C9H16N2O.C2H6/c1-8(12)11-4-2-9(3-5-11)6-10-7-9;1-2/h10H,2-7H2,1H3;1-2H3. The Kier molecular flexibility index (Phi) is 3.93. The van der Waals surface area contributed by atoms with Crippen LogP contribution in [0.5, 0.6) is 0 Å². The molecule has 2 aliphatic rings. The fourth-order valence-corrected chi connectivity index (χ4v) is 2.13.